The maximum Gasteiger partial charge on any atom is 0.328 e. The Morgan fingerprint density at radius 3 is 1.61 bits per heavy atom. The van der Waals surface area contributed by atoms with Gasteiger partial charge < -0.3 is 43.6 Å². The fourth-order valence-electron chi connectivity index (χ4n) is 7.13. The number of hydrogen-bond donors (Lipinski definition) is 2. The number of nitrogens with one attached hydrogen (secondary N) is 1. The van der Waals surface area contributed by atoms with Gasteiger partial charge in [-0.3, -0.25) is 33.4 Å². The van der Waals surface area contributed by atoms with Gasteiger partial charge in [-0.25, -0.2) is 4.79 Å². The molecule has 1 aliphatic heterocycles. The molecule has 0 aliphatic carbocycles. The molecule has 4 rings (SSSR count). The maximum atomic E-state index is 14.0. The van der Waals surface area contributed by atoms with Crippen LogP contribution in [0, 0.1) is 27.1 Å². The molecule has 0 radical (unpaired) electrons. The van der Waals surface area contributed by atoms with Crippen LogP contribution in [0.25, 0.3) is 10.9 Å². The lowest BCUT2D eigenvalue weighted by Gasteiger charge is -2.45. The quantitative estimate of drug-likeness (QED) is 0.0849. The van der Waals surface area contributed by atoms with Crippen molar-refractivity contribution < 1.29 is 71.8 Å². The van der Waals surface area contributed by atoms with Crippen LogP contribution in [0.2, 0.25) is 0 Å². The summed E-state index contributed by atoms with van der Waals surface area (Å²) in [5, 5.41) is 17.4. The Morgan fingerprint density at radius 1 is 0.608 bits per heavy atom. The number of carboxylic acids is 1. The summed E-state index contributed by atoms with van der Waals surface area (Å²) < 4.78 is 45.2. The predicted molar refractivity (Wildman–Crippen MR) is 275 cm³/mol. The highest BCUT2D eigenvalue weighted by atomic mass is 16.7. The third kappa shape index (κ3) is 16.7. The van der Waals surface area contributed by atoms with Gasteiger partial charge in [0.1, 0.15) is 24.9 Å². The molecule has 0 spiro atoms. The summed E-state index contributed by atoms with van der Waals surface area (Å²) in [6.07, 6.45) is -5.25. The fraction of sp³-hybridized carbons (Fsp3) is 0.643. The van der Waals surface area contributed by atoms with E-state index in [4.69, 9.17) is 38.3 Å². The highest BCUT2D eigenvalue weighted by Crippen LogP contribution is 2.38. The normalized spacial score (nSPS) is 18.7. The molecule has 1 amide bonds. The third-order valence-electron chi connectivity index (χ3n) is 11.9. The molecule has 18 nitrogen and oxygen atoms in total. The number of fused-ring (bicyclic) bond motifs is 1. The van der Waals surface area contributed by atoms with Gasteiger partial charge in [-0.1, -0.05) is 36.4 Å². The number of nitrogens with zero attached hydrogens (tertiary/aromatic N) is 2. The van der Waals surface area contributed by atoms with Crippen molar-refractivity contribution in [2.24, 2.45) is 27.1 Å². The smallest absolute Gasteiger partial charge is 0.328 e. The van der Waals surface area contributed by atoms with Crippen molar-refractivity contribution in [3.05, 3.63) is 59.2 Å². The minimum absolute atomic E-state index is 0.0298. The molecule has 5 atom stereocenters. The Morgan fingerprint density at radius 2 is 1.09 bits per heavy atom. The molecule has 1 unspecified atom stereocenters. The van der Waals surface area contributed by atoms with Crippen molar-refractivity contribution in [1.82, 2.24) is 15.1 Å². The third-order valence-corrected chi connectivity index (χ3v) is 11.9. The fourth-order valence-corrected chi connectivity index (χ4v) is 7.13. The monoisotopic (exact) mass is 1040 g/mol. The van der Waals surface area contributed by atoms with Crippen molar-refractivity contribution in [3.8, 4) is 5.88 Å². The number of aryl methyl sites for hydroxylation is 3. The van der Waals surface area contributed by atoms with E-state index < -0.39 is 106 Å². The van der Waals surface area contributed by atoms with Gasteiger partial charge in [-0.15, -0.1) is 5.10 Å². The van der Waals surface area contributed by atoms with Crippen LogP contribution in [0.3, 0.4) is 0 Å². The average Bonchev–Trinajstić information content (AvgIpc) is 3.62. The van der Waals surface area contributed by atoms with Gasteiger partial charge in [0.05, 0.1) is 44.5 Å². The number of carbonyl (C=O) groups is 7. The summed E-state index contributed by atoms with van der Waals surface area (Å²) in [5.74, 6) is -4.56. The van der Waals surface area contributed by atoms with E-state index >= 15 is 0 Å². The van der Waals surface area contributed by atoms with Crippen molar-refractivity contribution in [3.63, 3.8) is 0 Å². The summed E-state index contributed by atoms with van der Waals surface area (Å²) in [7, 11) is 0. The molecule has 3 aromatic rings. The molecule has 0 saturated carbocycles. The molecule has 410 valence electrons. The van der Waals surface area contributed by atoms with Gasteiger partial charge in [-0.2, -0.15) is 0 Å². The van der Waals surface area contributed by atoms with E-state index in [1.54, 1.807) is 109 Å². The Kier molecular flexibility index (Phi) is 19.3. The number of aromatic nitrogens is 2. The average molecular weight is 1040 g/mol. The van der Waals surface area contributed by atoms with Crippen LogP contribution in [0.5, 0.6) is 5.88 Å². The standard InChI is InChI=1S/C56H81N3O15/c1-51(2,3)46(63)68-31-30-59-36-22-19-21-35(29-28-34-26-24-33(25-27-34)20-18-23-38(60)57-56(16,17)45(61)62)39(36)43(58-59)74-44-42(73-50(67)55(13,14)15)41(72-49(66)54(10,11)12)40(71-48(65)53(7,8)9)37(70-44)32-69-47(64)52(4,5)6/h19,21-22,24-27,37,40-42,44H,18,20,23,28-32H2,1-17H3,(H,57,60)(H,61,62)/t37-,40-,41+,42-,44?/m1/s1. The lowest BCUT2D eigenvalue weighted by molar-refractivity contribution is -0.294. The Bertz CT molecular complexity index is 2490. The molecule has 2 aromatic carbocycles. The van der Waals surface area contributed by atoms with Gasteiger partial charge in [0.2, 0.25) is 24.2 Å². The highest BCUT2D eigenvalue weighted by Gasteiger charge is 2.56. The first-order valence-corrected chi connectivity index (χ1v) is 25.3. The van der Waals surface area contributed by atoms with Crippen molar-refractivity contribution in [2.75, 3.05) is 13.2 Å². The summed E-state index contributed by atoms with van der Waals surface area (Å²) in [5.41, 5.74) is -2.90. The van der Waals surface area contributed by atoms with Crippen molar-refractivity contribution in [1.29, 1.82) is 0 Å². The second kappa shape index (κ2) is 23.7. The van der Waals surface area contributed by atoms with Gasteiger partial charge in [0.25, 0.3) is 0 Å². The second-order valence-electron chi connectivity index (χ2n) is 24.7. The number of aliphatic carboxylic acids is 1. The van der Waals surface area contributed by atoms with Gasteiger partial charge in [-0.05, 0) is 166 Å². The van der Waals surface area contributed by atoms with E-state index in [0.29, 0.717) is 36.6 Å². The van der Waals surface area contributed by atoms with E-state index in [1.165, 1.54) is 13.8 Å². The first-order chi connectivity index (χ1) is 33.9. The van der Waals surface area contributed by atoms with Gasteiger partial charge >= 0.3 is 35.8 Å². The molecule has 18 heteroatoms. The lowest BCUT2D eigenvalue weighted by atomic mass is 9.93. The van der Waals surface area contributed by atoms with E-state index in [2.05, 4.69) is 5.32 Å². The number of esters is 5. The highest BCUT2D eigenvalue weighted by molar-refractivity contribution is 5.88. The first-order valence-electron chi connectivity index (χ1n) is 25.3. The lowest BCUT2D eigenvalue weighted by Crippen LogP contribution is -2.65. The molecule has 2 N–H and O–H groups in total. The van der Waals surface area contributed by atoms with Crippen LogP contribution in [0.1, 0.15) is 147 Å². The Labute approximate surface area is 436 Å². The molecule has 1 aliphatic rings. The van der Waals surface area contributed by atoms with Crippen molar-refractivity contribution in [2.45, 2.75) is 193 Å². The molecule has 74 heavy (non-hydrogen) atoms. The largest absolute Gasteiger partial charge is 0.480 e. The zero-order valence-corrected chi connectivity index (χ0v) is 46.6. The zero-order chi connectivity index (χ0) is 55.9. The summed E-state index contributed by atoms with van der Waals surface area (Å²) >= 11 is 0. The van der Waals surface area contributed by atoms with Crippen LogP contribution >= 0.6 is 0 Å². The molecule has 0 bridgehead atoms. The minimum Gasteiger partial charge on any atom is -0.480 e. The summed E-state index contributed by atoms with van der Waals surface area (Å²) in [4.78, 5) is 91.8. The van der Waals surface area contributed by atoms with Crippen molar-refractivity contribution >= 4 is 52.6 Å². The number of benzene rings is 2. The van der Waals surface area contributed by atoms with Crippen LogP contribution in [-0.4, -0.2) is 106 Å². The first kappa shape index (κ1) is 60.5. The summed E-state index contributed by atoms with van der Waals surface area (Å²) in [6, 6.07) is 13.6. The van der Waals surface area contributed by atoms with E-state index in [1.807, 2.05) is 42.5 Å². The summed E-state index contributed by atoms with van der Waals surface area (Å²) in [6.45, 7) is 27.5. The predicted octanol–water partition coefficient (Wildman–Crippen LogP) is 8.28. The van der Waals surface area contributed by atoms with E-state index in [9.17, 15) is 38.7 Å². The molecule has 2 heterocycles. The van der Waals surface area contributed by atoms with Gasteiger partial charge in [0, 0.05) is 6.42 Å². The number of rotatable bonds is 19. The number of hydrogen-bond acceptors (Lipinski definition) is 15. The number of ether oxygens (including phenoxy) is 7. The minimum atomic E-state index is -1.62. The Balaban J connectivity index is 1.82. The van der Waals surface area contributed by atoms with Crippen LogP contribution < -0.4 is 10.1 Å². The van der Waals surface area contributed by atoms with Crippen LogP contribution in [-0.2, 0) is 87.8 Å². The second-order valence-corrected chi connectivity index (χ2v) is 24.7. The SMILES string of the molecule is CC(C)(C)C(=O)OCCn1nc(OC2O[C@H](COC(=O)C(C)(C)C)[C@@H](OC(=O)C(C)(C)C)[C@H](OC(=O)C(C)(C)C)[C@H]2OC(=O)C(C)(C)C)c2c(CCc3ccc(CCCC(=O)NC(C)(C)C(=O)O)cc3)cccc21. The maximum absolute atomic E-state index is 14.0. The van der Waals surface area contributed by atoms with Crippen LogP contribution in [0.15, 0.2) is 42.5 Å². The van der Waals surface area contributed by atoms with Gasteiger partial charge in [0.15, 0.2) is 12.2 Å². The number of carbonyl (C=O) groups excluding carboxylic acids is 6. The van der Waals surface area contributed by atoms with E-state index in [0.717, 1.165) is 16.7 Å². The Hall–Kier alpha value is -6.04. The zero-order valence-electron chi connectivity index (χ0n) is 46.6. The number of carboxylic acid groups (broad SMARTS) is 1. The molecular weight excluding hydrogens is 955 g/mol. The molecule has 1 saturated heterocycles. The topological polar surface area (TPSA) is 234 Å². The molecular formula is C56H81N3O15. The van der Waals surface area contributed by atoms with E-state index in [-0.39, 0.29) is 31.4 Å². The number of amides is 1. The molecule has 1 fully saturated rings. The van der Waals surface area contributed by atoms with Crippen LogP contribution in [0.4, 0.5) is 0 Å². The molecule has 1 aromatic heterocycles.